The highest BCUT2D eigenvalue weighted by molar-refractivity contribution is 4.92. The Morgan fingerprint density at radius 3 is 2.00 bits per heavy atom. The molecule has 0 aromatic heterocycles. The number of rotatable bonds is 0. The Hall–Kier alpha value is -0.0800. The monoisotopic (exact) mass is 140 g/mol. The maximum atomic E-state index is 2.56. The molecule has 2 saturated heterocycles. The quantitative estimate of drug-likeness (QED) is 0.480. The van der Waals surface area contributed by atoms with Crippen LogP contribution >= 0.6 is 0 Å². The lowest BCUT2D eigenvalue weighted by Crippen LogP contribution is -2.50. The molecule has 2 rings (SSSR count). The molecule has 0 aliphatic carbocycles. The second-order valence-electron chi connectivity index (χ2n) is 3.77. The second-order valence-corrected chi connectivity index (χ2v) is 3.77. The summed E-state index contributed by atoms with van der Waals surface area (Å²) in [5.74, 6) is 0. The molecular weight excluding hydrogens is 124 g/mol. The van der Waals surface area contributed by atoms with E-state index in [4.69, 9.17) is 0 Å². The minimum absolute atomic E-state index is 0.865. The van der Waals surface area contributed by atoms with Gasteiger partial charge in [-0.1, -0.05) is 0 Å². The van der Waals surface area contributed by atoms with Crippen LogP contribution < -0.4 is 0 Å². The van der Waals surface area contributed by atoms with E-state index in [1.54, 1.807) is 0 Å². The zero-order valence-corrected chi connectivity index (χ0v) is 6.88. The smallest absolute Gasteiger partial charge is 0.0224 e. The van der Waals surface area contributed by atoms with Crippen LogP contribution in [0.1, 0.15) is 12.8 Å². The van der Waals surface area contributed by atoms with Gasteiger partial charge in [0.25, 0.3) is 0 Å². The van der Waals surface area contributed by atoms with Gasteiger partial charge in [-0.25, -0.2) is 0 Å². The van der Waals surface area contributed by atoms with Crippen LogP contribution in [-0.2, 0) is 0 Å². The van der Waals surface area contributed by atoms with Gasteiger partial charge in [0.1, 0.15) is 0 Å². The molecule has 58 valence electrons. The van der Waals surface area contributed by atoms with Gasteiger partial charge in [0.15, 0.2) is 0 Å². The fourth-order valence-electron chi connectivity index (χ4n) is 2.32. The molecular formula is C8H16N2. The lowest BCUT2D eigenvalue weighted by Gasteiger charge is -2.36. The van der Waals surface area contributed by atoms with Crippen LogP contribution in [0, 0.1) is 0 Å². The molecule has 0 saturated carbocycles. The van der Waals surface area contributed by atoms with Gasteiger partial charge >= 0.3 is 0 Å². The van der Waals surface area contributed by atoms with Crippen molar-refractivity contribution in [3.05, 3.63) is 0 Å². The van der Waals surface area contributed by atoms with Gasteiger partial charge in [0.2, 0.25) is 0 Å². The Morgan fingerprint density at radius 2 is 1.50 bits per heavy atom. The van der Waals surface area contributed by atoms with E-state index in [-0.39, 0.29) is 0 Å². The summed E-state index contributed by atoms with van der Waals surface area (Å²) in [7, 11) is 4.51. The minimum Gasteiger partial charge on any atom is -0.303 e. The molecule has 1 unspecified atom stereocenters. The van der Waals surface area contributed by atoms with E-state index in [1.165, 1.54) is 25.9 Å². The third kappa shape index (κ3) is 0.867. The summed E-state index contributed by atoms with van der Waals surface area (Å²) in [6.07, 6.45) is 2.84. The average molecular weight is 140 g/mol. The van der Waals surface area contributed by atoms with Gasteiger partial charge in [-0.15, -0.1) is 0 Å². The van der Waals surface area contributed by atoms with E-state index in [1.807, 2.05) is 0 Å². The summed E-state index contributed by atoms with van der Waals surface area (Å²) >= 11 is 0. The Labute approximate surface area is 62.8 Å². The Kier molecular flexibility index (Phi) is 1.46. The van der Waals surface area contributed by atoms with Crippen molar-refractivity contribution in [1.29, 1.82) is 0 Å². The van der Waals surface area contributed by atoms with Crippen molar-refractivity contribution in [2.24, 2.45) is 0 Å². The number of hydrogen-bond acceptors (Lipinski definition) is 2. The molecule has 2 fully saturated rings. The maximum Gasteiger partial charge on any atom is 0.0224 e. The lowest BCUT2D eigenvalue weighted by molar-refractivity contribution is 0.107. The number of fused-ring (bicyclic) bond motifs is 2. The first kappa shape index (κ1) is 6.62. The van der Waals surface area contributed by atoms with E-state index in [0.29, 0.717) is 0 Å². The molecule has 0 aromatic carbocycles. The Balaban J connectivity index is 2.09. The molecule has 2 atom stereocenters. The normalized spacial score (nSPS) is 42.6. The summed E-state index contributed by atoms with van der Waals surface area (Å²) in [6, 6.07) is 1.73. The number of hydrogen-bond donors (Lipinski definition) is 0. The largest absolute Gasteiger partial charge is 0.303 e. The van der Waals surface area contributed by atoms with Crippen LogP contribution in [0.15, 0.2) is 0 Å². The lowest BCUT2D eigenvalue weighted by atomic mass is 10.2. The molecule has 2 bridgehead atoms. The summed E-state index contributed by atoms with van der Waals surface area (Å²) in [5, 5.41) is 0. The summed E-state index contributed by atoms with van der Waals surface area (Å²) in [6.45, 7) is 2.57. The molecule has 10 heavy (non-hydrogen) atoms. The van der Waals surface area contributed by atoms with Crippen molar-refractivity contribution in [2.75, 3.05) is 27.2 Å². The van der Waals surface area contributed by atoms with Crippen LogP contribution in [-0.4, -0.2) is 49.1 Å². The second kappa shape index (κ2) is 2.21. The standard InChI is InChI=1S/C8H16N2/c1-9-5-7-3-4-8(6-9)10(7)2/h7-8H,3-6H2,1-2H3/t7-,8?/m1/s1. The van der Waals surface area contributed by atoms with Crippen LogP contribution in [0.5, 0.6) is 0 Å². The van der Waals surface area contributed by atoms with Crippen molar-refractivity contribution >= 4 is 0 Å². The van der Waals surface area contributed by atoms with Crippen molar-refractivity contribution in [1.82, 2.24) is 9.80 Å². The van der Waals surface area contributed by atoms with E-state index in [2.05, 4.69) is 23.9 Å². The number of piperazine rings is 1. The molecule has 2 aliphatic heterocycles. The highest BCUT2D eigenvalue weighted by Crippen LogP contribution is 2.27. The zero-order valence-electron chi connectivity index (χ0n) is 6.88. The van der Waals surface area contributed by atoms with Crippen molar-refractivity contribution in [3.8, 4) is 0 Å². The summed E-state index contributed by atoms with van der Waals surface area (Å²) in [5.41, 5.74) is 0. The fraction of sp³-hybridized carbons (Fsp3) is 1.00. The van der Waals surface area contributed by atoms with Crippen molar-refractivity contribution in [2.45, 2.75) is 24.9 Å². The first-order chi connectivity index (χ1) is 4.77. The SMILES string of the molecule is CN1CC2CC[C@H](C1)N2C. The molecule has 0 aromatic rings. The molecule has 2 aliphatic rings. The predicted molar refractivity (Wildman–Crippen MR) is 42.1 cm³/mol. The fourth-order valence-corrected chi connectivity index (χ4v) is 2.32. The molecule has 2 heterocycles. The third-order valence-electron chi connectivity index (χ3n) is 3.03. The van der Waals surface area contributed by atoms with Gasteiger partial charge in [-0.05, 0) is 26.9 Å². The van der Waals surface area contributed by atoms with E-state index >= 15 is 0 Å². The van der Waals surface area contributed by atoms with Crippen LogP contribution in [0.3, 0.4) is 0 Å². The number of likely N-dealkylation sites (tertiary alicyclic amines) is 1. The van der Waals surface area contributed by atoms with Gasteiger partial charge in [-0.2, -0.15) is 0 Å². The Bertz CT molecular complexity index is 121. The summed E-state index contributed by atoms with van der Waals surface area (Å²) in [4.78, 5) is 5.02. The molecule has 0 N–H and O–H groups in total. The molecule has 0 radical (unpaired) electrons. The highest BCUT2D eigenvalue weighted by Gasteiger charge is 2.35. The average Bonchev–Trinajstić information content (AvgIpc) is 2.20. The van der Waals surface area contributed by atoms with Crippen molar-refractivity contribution in [3.63, 3.8) is 0 Å². The summed E-state index contributed by atoms with van der Waals surface area (Å²) < 4.78 is 0. The third-order valence-corrected chi connectivity index (χ3v) is 3.03. The van der Waals surface area contributed by atoms with Crippen LogP contribution in [0.25, 0.3) is 0 Å². The predicted octanol–water partition coefficient (Wildman–Crippen LogP) is 0.395. The number of nitrogens with zero attached hydrogens (tertiary/aromatic N) is 2. The topological polar surface area (TPSA) is 6.48 Å². The van der Waals surface area contributed by atoms with Gasteiger partial charge < -0.3 is 4.90 Å². The van der Waals surface area contributed by atoms with Gasteiger partial charge in [0, 0.05) is 25.2 Å². The van der Waals surface area contributed by atoms with Gasteiger partial charge in [0.05, 0.1) is 0 Å². The Morgan fingerprint density at radius 1 is 1.00 bits per heavy atom. The zero-order chi connectivity index (χ0) is 7.14. The maximum absolute atomic E-state index is 2.56. The molecule has 0 amide bonds. The van der Waals surface area contributed by atoms with E-state index in [0.717, 1.165) is 12.1 Å². The first-order valence-corrected chi connectivity index (χ1v) is 4.18. The van der Waals surface area contributed by atoms with Gasteiger partial charge in [-0.3, -0.25) is 4.90 Å². The number of likely N-dealkylation sites (N-methyl/N-ethyl adjacent to an activating group) is 2. The molecule has 0 spiro atoms. The van der Waals surface area contributed by atoms with Crippen molar-refractivity contribution < 1.29 is 0 Å². The van der Waals surface area contributed by atoms with Crippen LogP contribution in [0.4, 0.5) is 0 Å². The van der Waals surface area contributed by atoms with E-state index in [9.17, 15) is 0 Å². The molecule has 2 heteroatoms. The van der Waals surface area contributed by atoms with Crippen LogP contribution in [0.2, 0.25) is 0 Å². The first-order valence-electron chi connectivity index (χ1n) is 4.18. The molecule has 2 nitrogen and oxygen atoms in total. The van der Waals surface area contributed by atoms with E-state index < -0.39 is 0 Å². The highest BCUT2D eigenvalue weighted by atomic mass is 15.3. The minimum atomic E-state index is 0.865.